The molecule has 21 heavy (non-hydrogen) atoms. The number of carbonyl (C=O) groups excluding carboxylic acids is 2. The molecular weight excluding hydrogens is 295 g/mol. The van der Waals surface area contributed by atoms with Gasteiger partial charge in [0.05, 0.1) is 5.02 Å². The van der Waals surface area contributed by atoms with Crippen LogP contribution in [0.5, 0.6) is 0 Å². The summed E-state index contributed by atoms with van der Waals surface area (Å²) in [6.07, 6.45) is 4.17. The normalized spacial score (nSPS) is 21.7. The maximum atomic E-state index is 13.0. The van der Waals surface area contributed by atoms with Gasteiger partial charge in [-0.15, -0.1) is 0 Å². The molecule has 0 aliphatic heterocycles. The predicted octanol–water partition coefficient (Wildman–Crippen LogP) is 3.11. The van der Waals surface area contributed by atoms with Crippen LogP contribution >= 0.6 is 11.6 Å². The quantitative estimate of drug-likeness (QED) is 0.824. The fourth-order valence-electron chi connectivity index (χ4n) is 2.53. The van der Waals surface area contributed by atoms with E-state index < -0.39 is 17.6 Å². The van der Waals surface area contributed by atoms with Crippen molar-refractivity contribution in [2.75, 3.05) is 5.32 Å². The lowest BCUT2D eigenvalue weighted by Crippen LogP contribution is -2.45. The Hall–Kier alpha value is -1.62. The zero-order valence-electron chi connectivity index (χ0n) is 11.8. The first-order chi connectivity index (χ1) is 9.97. The Morgan fingerprint density at radius 2 is 1.95 bits per heavy atom. The number of halogens is 2. The highest BCUT2D eigenvalue weighted by molar-refractivity contribution is 6.40. The van der Waals surface area contributed by atoms with Crippen molar-refractivity contribution in [1.82, 2.24) is 5.32 Å². The summed E-state index contributed by atoms with van der Waals surface area (Å²) in [7, 11) is 0. The number of rotatable bonds is 2. The molecule has 2 atom stereocenters. The molecule has 1 aromatic carbocycles. The Bertz CT molecular complexity index is 550. The second kappa shape index (κ2) is 6.89. The van der Waals surface area contributed by atoms with Crippen molar-refractivity contribution in [3.8, 4) is 0 Å². The number of amides is 2. The van der Waals surface area contributed by atoms with Gasteiger partial charge in [-0.3, -0.25) is 9.59 Å². The molecule has 0 radical (unpaired) electrons. The van der Waals surface area contributed by atoms with Gasteiger partial charge in [0.1, 0.15) is 5.82 Å². The summed E-state index contributed by atoms with van der Waals surface area (Å²) in [5.41, 5.74) is 0.290. The number of nitrogens with one attached hydrogen (secondary N) is 2. The maximum Gasteiger partial charge on any atom is 0.313 e. The summed E-state index contributed by atoms with van der Waals surface area (Å²) >= 11 is 5.62. The molecule has 0 unspecified atom stereocenters. The zero-order chi connectivity index (χ0) is 15.4. The molecule has 1 aromatic rings. The van der Waals surface area contributed by atoms with Crippen molar-refractivity contribution in [3.05, 3.63) is 29.0 Å². The molecule has 114 valence electrons. The van der Waals surface area contributed by atoms with Gasteiger partial charge >= 0.3 is 11.8 Å². The van der Waals surface area contributed by atoms with Crippen molar-refractivity contribution in [2.45, 2.75) is 38.6 Å². The first-order valence-corrected chi connectivity index (χ1v) is 7.42. The van der Waals surface area contributed by atoms with Crippen LogP contribution in [0, 0.1) is 11.7 Å². The van der Waals surface area contributed by atoms with Gasteiger partial charge in [0.25, 0.3) is 0 Å². The van der Waals surface area contributed by atoms with E-state index in [1.54, 1.807) is 0 Å². The fraction of sp³-hybridized carbons (Fsp3) is 0.467. The second-order valence-corrected chi connectivity index (χ2v) is 5.83. The fourth-order valence-corrected chi connectivity index (χ4v) is 2.71. The lowest BCUT2D eigenvalue weighted by atomic mass is 9.86. The first-order valence-electron chi connectivity index (χ1n) is 7.04. The molecule has 1 aliphatic rings. The van der Waals surface area contributed by atoms with Crippen molar-refractivity contribution in [1.29, 1.82) is 0 Å². The topological polar surface area (TPSA) is 58.2 Å². The molecular formula is C15H18ClFN2O2. The SMILES string of the molecule is C[C@H]1CCCC[C@@H]1NC(=O)C(=O)Nc1ccc(F)c(Cl)c1. The highest BCUT2D eigenvalue weighted by atomic mass is 35.5. The molecule has 1 saturated carbocycles. The van der Waals surface area contributed by atoms with Crippen LogP contribution in [-0.4, -0.2) is 17.9 Å². The van der Waals surface area contributed by atoms with Gasteiger partial charge in [0.2, 0.25) is 0 Å². The van der Waals surface area contributed by atoms with Gasteiger partial charge in [0, 0.05) is 11.7 Å². The van der Waals surface area contributed by atoms with Gasteiger partial charge in [0.15, 0.2) is 0 Å². The Kier molecular flexibility index (Phi) is 5.17. The Labute approximate surface area is 128 Å². The van der Waals surface area contributed by atoms with Crippen molar-refractivity contribution in [3.63, 3.8) is 0 Å². The maximum absolute atomic E-state index is 13.0. The van der Waals surface area contributed by atoms with E-state index in [4.69, 9.17) is 11.6 Å². The average molecular weight is 313 g/mol. The van der Waals surface area contributed by atoms with Crippen LogP contribution in [0.2, 0.25) is 5.02 Å². The van der Waals surface area contributed by atoms with Gasteiger partial charge in [-0.2, -0.15) is 0 Å². The molecule has 0 saturated heterocycles. The summed E-state index contributed by atoms with van der Waals surface area (Å²) < 4.78 is 13.0. The lowest BCUT2D eigenvalue weighted by molar-refractivity contribution is -0.137. The van der Waals surface area contributed by atoms with Gasteiger partial charge in [-0.05, 0) is 37.0 Å². The number of hydrogen-bond donors (Lipinski definition) is 2. The number of anilines is 1. The Morgan fingerprint density at radius 1 is 1.24 bits per heavy atom. The molecule has 0 bridgehead atoms. The molecule has 1 fully saturated rings. The third-order valence-electron chi connectivity index (χ3n) is 3.81. The van der Waals surface area contributed by atoms with Gasteiger partial charge in [-0.25, -0.2) is 4.39 Å². The van der Waals surface area contributed by atoms with Crippen LogP contribution in [0.1, 0.15) is 32.6 Å². The number of hydrogen-bond acceptors (Lipinski definition) is 2. The summed E-state index contributed by atoms with van der Waals surface area (Å²) in [5.74, 6) is -1.64. The first kappa shape index (κ1) is 15.8. The number of benzene rings is 1. The minimum atomic E-state index is -0.768. The third-order valence-corrected chi connectivity index (χ3v) is 4.10. The molecule has 2 rings (SSSR count). The van der Waals surface area contributed by atoms with Crippen LogP contribution in [-0.2, 0) is 9.59 Å². The molecule has 4 nitrogen and oxygen atoms in total. The molecule has 0 heterocycles. The van der Waals surface area contributed by atoms with Gasteiger partial charge < -0.3 is 10.6 Å². The predicted molar refractivity (Wildman–Crippen MR) is 79.6 cm³/mol. The minimum absolute atomic E-state index is 0.0359. The summed E-state index contributed by atoms with van der Waals surface area (Å²) in [6.45, 7) is 2.07. The van der Waals surface area contributed by atoms with Gasteiger partial charge in [-0.1, -0.05) is 31.4 Å². The lowest BCUT2D eigenvalue weighted by Gasteiger charge is -2.29. The highest BCUT2D eigenvalue weighted by Crippen LogP contribution is 2.23. The van der Waals surface area contributed by atoms with Crippen molar-refractivity contribution in [2.24, 2.45) is 5.92 Å². The standard InChI is InChI=1S/C15H18ClFN2O2/c1-9-4-2-3-5-13(9)19-15(21)14(20)18-10-6-7-12(17)11(16)8-10/h6-9,13H,2-5H2,1H3,(H,18,20)(H,19,21)/t9-,13-/m0/s1. The minimum Gasteiger partial charge on any atom is -0.345 e. The smallest absolute Gasteiger partial charge is 0.313 e. The molecule has 6 heteroatoms. The van der Waals surface area contributed by atoms with E-state index in [0.29, 0.717) is 11.6 Å². The van der Waals surface area contributed by atoms with Crippen LogP contribution in [0.4, 0.5) is 10.1 Å². The van der Waals surface area contributed by atoms with Crippen molar-refractivity contribution >= 4 is 29.1 Å². The Morgan fingerprint density at radius 3 is 2.62 bits per heavy atom. The molecule has 1 aliphatic carbocycles. The van der Waals surface area contributed by atoms with E-state index in [9.17, 15) is 14.0 Å². The Balaban J connectivity index is 1.93. The van der Waals surface area contributed by atoms with Crippen LogP contribution in [0.15, 0.2) is 18.2 Å². The molecule has 0 aromatic heterocycles. The average Bonchev–Trinajstić information content (AvgIpc) is 2.45. The molecule has 2 N–H and O–H groups in total. The van der Waals surface area contributed by atoms with E-state index in [1.807, 2.05) is 0 Å². The van der Waals surface area contributed by atoms with Crippen LogP contribution in [0.3, 0.4) is 0 Å². The molecule has 0 spiro atoms. The second-order valence-electron chi connectivity index (χ2n) is 5.42. The van der Waals surface area contributed by atoms with Crippen LogP contribution in [0.25, 0.3) is 0 Å². The largest absolute Gasteiger partial charge is 0.345 e. The van der Waals surface area contributed by atoms with Crippen LogP contribution < -0.4 is 10.6 Å². The summed E-state index contributed by atoms with van der Waals surface area (Å²) in [4.78, 5) is 23.7. The monoisotopic (exact) mass is 312 g/mol. The molecule has 2 amide bonds. The summed E-state index contributed by atoms with van der Waals surface area (Å²) in [6, 6.07) is 3.80. The highest BCUT2D eigenvalue weighted by Gasteiger charge is 2.25. The number of carbonyl (C=O) groups is 2. The van der Waals surface area contributed by atoms with E-state index in [-0.39, 0.29) is 11.1 Å². The van der Waals surface area contributed by atoms with E-state index in [1.165, 1.54) is 12.1 Å². The summed E-state index contributed by atoms with van der Waals surface area (Å²) in [5, 5.41) is 5.07. The van der Waals surface area contributed by atoms with Crippen molar-refractivity contribution < 1.29 is 14.0 Å². The van der Waals surface area contributed by atoms with E-state index >= 15 is 0 Å². The van der Waals surface area contributed by atoms with E-state index in [0.717, 1.165) is 31.7 Å². The third kappa shape index (κ3) is 4.17. The van der Waals surface area contributed by atoms with E-state index in [2.05, 4.69) is 17.6 Å². The zero-order valence-corrected chi connectivity index (χ0v) is 12.5.